The summed E-state index contributed by atoms with van der Waals surface area (Å²) in [6, 6.07) is 18.4. The van der Waals surface area contributed by atoms with E-state index in [0.717, 1.165) is 24.3 Å². The number of carbonyl (C=O) groups is 1. The molecule has 1 aliphatic heterocycles. The first-order chi connectivity index (χ1) is 11.7. The van der Waals surface area contributed by atoms with Crippen molar-refractivity contribution < 1.29 is 9.53 Å². The Labute approximate surface area is 142 Å². The first kappa shape index (κ1) is 16.5. The van der Waals surface area contributed by atoms with E-state index in [2.05, 4.69) is 34.5 Å². The quantitative estimate of drug-likeness (QED) is 0.880. The molecule has 1 fully saturated rings. The van der Waals surface area contributed by atoms with Crippen molar-refractivity contribution in [2.45, 2.75) is 18.7 Å². The topological polar surface area (TPSA) is 67.6 Å². The molecular formula is C19H23N3O2. The third-order valence-corrected chi connectivity index (χ3v) is 4.27. The van der Waals surface area contributed by atoms with Crippen molar-refractivity contribution in [2.24, 2.45) is 5.73 Å². The van der Waals surface area contributed by atoms with Crippen molar-refractivity contribution in [1.82, 2.24) is 10.2 Å². The van der Waals surface area contributed by atoms with Gasteiger partial charge in [0, 0.05) is 19.0 Å². The summed E-state index contributed by atoms with van der Waals surface area (Å²) in [5.74, 6) is 0.707. The van der Waals surface area contributed by atoms with Gasteiger partial charge in [0.2, 0.25) is 5.91 Å². The van der Waals surface area contributed by atoms with Gasteiger partial charge in [-0.15, -0.1) is 0 Å². The second-order valence-electron chi connectivity index (χ2n) is 6.11. The number of amides is 1. The Bertz CT molecular complexity index is 673. The minimum absolute atomic E-state index is 0.0205. The summed E-state index contributed by atoms with van der Waals surface area (Å²) in [6.07, 6.45) is 0.707. The van der Waals surface area contributed by atoms with E-state index in [1.807, 2.05) is 37.4 Å². The van der Waals surface area contributed by atoms with Crippen LogP contribution < -0.4 is 15.8 Å². The molecule has 1 aliphatic rings. The zero-order valence-corrected chi connectivity index (χ0v) is 13.8. The van der Waals surface area contributed by atoms with Gasteiger partial charge in [-0.05, 0) is 30.3 Å². The summed E-state index contributed by atoms with van der Waals surface area (Å²) in [5, 5.41) is 2.92. The fourth-order valence-electron chi connectivity index (χ4n) is 3.01. The lowest BCUT2D eigenvalue weighted by Crippen LogP contribution is -2.39. The molecule has 0 spiro atoms. The molecule has 24 heavy (non-hydrogen) atoms. The number of benzene rings is 2. The summed E-state index contributed by atoms with van der Waals surface area (Å²) in [7, 11) is 2.00. The normalized spacial score (nSPS) is 20.8. The SMILES string of the molecule is CN1C[C@H](NC(=O)CN)C[C@@H]1Oc1ccc(-c2ccccc2)cc1. The van der Waals surface area contributed by atoms with Crippen molar-refractivity contribution in [3.63, 3.8) is 0 Å². The molecular weight excluding hydrogens is 302 g/mol. The van der Waals surface area contributed by atoms with Gasteiger partial charge in [-0.1, -0.05) is 42.5 Å². The molecule has 0 aromatic heterocycles. The molecule has 5 heteroatoms. The number of rotatable bonds is 5. The van der Waals surface area contributed by atoms with Crippen LogP contribution in [0.5, 0.6) is 5.75 Å². The highest BCUT2D eigenvalue weighted by Gasteiger charge is 2.31. The van der Waals surface area contributed by atoms with E-state index < -0.39 is 0 Å². The molecule has 1 heterocycles. The number of nitrogens with zero attached hydrogens (tertiary/aromatic N) is 1. The van der Waals surface area contributed by atoms with Crippen LogP contribution in [-0.4, -0.2) is 43.2 Å². The highest BCUT2D eigenvalue weighted by molar-refractivity contribution is 5.78. The molecule has 1 amide bonds. The maximum Gasteiger partial charge on any atom is 0.233 e. The van der Waals surface area contributed by atoms with Gasteiger partial charge >= 0.3 is 0 Å². The Morgan fingerprint density at radius 2 is 1.83 bits per heavy atom. The molecule has 0 radical (unpaired) electrons. The summed E-state index contributed by atoms with van der Waals surface area (Å²) in [6.45, 7) is 0.783. The zero-order valence-electron chi connectivity index (χ0n) is 13.8. The maximum absolute atomic E-state index is 11.4. The largest absolute Gasteiger partial charge is 0.475 e. The van der Waals surface area contributed by atoms with Crippen LogP contribution in [0.4, 0.5) is 0 Å². The van der Waals surface area contributed by atoms with Crippen LogP contribution in [0.15, 0.2) is 54.6 Å². The van der Waals surface area contributed by atoms with Crippen LogP contribution in [0, 0.1) is 0 Å². The number of likely N-dealkylation sites (tertiary alicyclic amines) is 1. The van der Waals surface area contributed by atoms with Crippen LogP contribution in [0.1, 0.15) is 6.42 Å². The predicted octanol–water partition coefficient (Wildman–Crippen LogP) is 1.84. The van der Waals surface area contributed by atoms with Crippen LogP contribution >= 0.6 is 0 Å². The molecule has 0 saturated carbocycles. The fourth-order valence-corrected chi connectivity index (χ4v) is 3.01. The lowest BCUT2D eigenvalue weighted by Gasteiger charge is -2.20. The van der Waals surface area contributed by atoms with Crippen LogP contribution in [0.3, 0.4) is 0 Å². The number of hydrogen-bond donors (Lipinski definition) is 2. The summed E-state index contributed by atoms with van der Waals surface area (Å²) in [5.41, 5.74) is 7.70. The smallest absolute Gasteiger partial charge is 0.233 e. The van der Waals surface area contributed by atoms with Crippen LogP contribution in [0.25, 0.3) is 11.1 Å². The predicted molar refractivity (Wildman–Crippen MR) is 94.5 cm³/mol. The Balaban J connectivity index is 1.61. The lowest BCUT2D eigenvalue weighted by molar-refractivity contribution is -0.120. The van der Waals surface area contributed by atoms with Crippen molar-refractivity contribution in [2.75, 3.05) is 20.1 Å². The van der Waals surface area contributed by atoms with E-state index >= 15 is 0 Å². The minimum Gasteiger partial charge on any atom is -0.475 e. The third-order valence-electron chi connectivity index (χ3n) is 4.27. The van der Waals surface area contributed by atoms with E-state index in [-0.39, 0.29) is 24.7 Å². The highest BCUT2D eigenvalue weighted by atomic mass is 16.5. The van der Waals surface area contributed by atoms with Gasteiger partial charge in [-0.25, -0.2) is 0 Å². The van der Waals surface area contributed by atoms with E-state index in [1.165, 1.54) is 5.56 Å². The summed E-state index contributed by atoms with van der Waals surface area (Å²) < 4.78 is 6.07. The maximum atomic E-state index is 11.4. The minimum atomic E-state index is -0.124. The highest BCUT2D eigenvalue weighted by Crippen LogP contribution is 2.25. The van der Waals surface area contributed by atoms with Crippen molar-refractivity contribution in [3.8, 4) is 16.9 Å². The molecule has 0 unspecified atom stereocenters. The molecule has 0 bridgehead atoms. The van der Waals surface area contributed by atoms with Crippen LogP contribution in [-0.2, 0) is 4.79 Å². The number of ether oxygens (including phenoxy) is 1. The Hall–Kier alpha value is -2.37. The Morgan fingerprint density at radius 1 is 1.17 bits per heavy atom. The first-order valence-corrected chi connectivity index (χ1v) is 8.17. The van der Waals surface area contributed by atoms with Gasteiger partial charge in [-0.3, -0.25) is 9.69 Å². The van der Waals surface area contributed by atoms with Crippen molar-refractivity contribution >= 4 is 5.91 Å². The van der Waals surface area contributed by atoms with E-state index in [0.29, 0.717) is 0 Å². The zero-order chi connectivity index (χ0) is 16.9. The second kappa shape index (κ2) is 7.47. The molecule has 2 aromatic carbocycles. The average Bonchev–Trinajstić information content (AvgIpc) is 2.95. The average molecular weight is 325 g/mol. The standard InChI is InChI=1S/C19H23N3O2/c1-22-13-16(21-18(23)12-20)11-19(22)24-17-9-7-15(8-10-17)14-5-3-2-4-6-14/h2-10,16,19H,11-13,20H2,1H3,(H,21,23)/t16-,19+/m1/s1. The summed E-state index contributed by atoms with van der Waals surface area (Å²) >= 11 is 0. The Kier molecular flexibility index (Phi) is 5.13. The molecule has 126 valence electrons. The molecule has 3 N–H and O–H groups in total. The summed E-state index contributed by atoms with van der Waals surface area (Å²) in [4.78, 5) is 13.5. The number of nitrogens with one attached hydrogen (secondary N) is 1. The van der Waals surface area contributed by atoms with Gasteiger partial charge in [0.25, 0.3) is 0 Å². The fraction of sp³-hybridized carbons (Fsp3) is 0.316. The van der Waals surface area contributed by atoms with E-state index in [1.54, 1.807) is 0 Å². The van der Waals surface area contributed by atoms with Crippen molar-refractivity contribution in [3.05, 3.63) is 54.6 Å². The lowest BCUT2D eigenvalue weighted by atomic mass is 10.1. The first-order valence-electron chi connectivity index (χ1n) is 8.17. The van der Waals surface area contributed by atoms with Gasteiger partial charge < -0.3 is 15.8 Å². The number of likely N-dealkylation sites (N-methyl/N-ethyl adjacent to an activating group) is 1. The van der Waals surface area contributed by atoms with Gasteiger partial charge in [0.15, 0.2) is 6.23 Å². The van der Waals surface area contributed by atoms with Crippen LogP contribution in [0.2, 0.25) is 0 Å². The third kappa shape index (κ3) is 3.93. The molecule has 3 rings (SSSR count). The van der Waals surface area contributed by atoms with Gasteiger partial charge in [0.1, 0.15) is 5.75 Å². The van der Waals surface area contributed by atoms with E-state index in [4.69, 9.17) is 10.5 Å². The van der Waals surface area contributed by atoms with Crippen molar-refractivity contribution in [1.29, 1.82) is 0 Å². The number of carbonyl (C=O) groups excluding carboxylic acids is 1. The number of nitrogens with two attached hydrogens (primary N) is 1. The molecule has 1 saturated heterocycles. The molecule has 0 aliphatic carbocycles. The van der Waals surface area contributed by atoms with Gasteiger partial charge in [-0.2, -0.15) is 0 Å². The monoisotopic (exact) mass is 325 g/mol. The van der Waals surface area contributed by atoms with Gasteiger partial charge in [0.05, 0.1) is 6.54 Å². The molecule has 2 atom stereocenters. The molecule has 2 aromatic rings. The molecule has 5 nitrogen and oxygen atoms in total. The Morgan fingerprint density at radius 3 is 2.50 bits per heavy atom. The second-order valence-corrected chi connectivity index (χ2v) is 6.11. The number of hydrogen-bond acceptors (Lipinski definition) is 4. The van der Waals surface area contributed by atoms with E-state index in [9.17, 15) is 4.79 Å².